The van der Waals surface area contributed by atoms with Gasteiger partial charge in [-0.3, -0.25) is 4.79 Å². The van der Waals surface area contributed by atoms with E-state index in [1.54, 1.807) is 23.1 Å². The Morgan fingerprint density at radius 3 is 2.08 bits per heavy atom. The quantitative estimate of drug-likeness (QED) is 0.255. The molecular weight excluding hydrogens is 450 g/mol. The first-order chi connectivity index (χ1) is 17.5. The predicted molar refractivity (Wildman–Crippen MR) is 143 cm³/mol. The van der Waals surface area contributed by atoms with Gasteiger partial charge in [0.15, 0.2) is 0 Å². The fourth-order valence-corrected chi connectivity index (χ4v) is 4.00. The van der Waals surface area contributed by atoms with Crippen LogP contribution < -0.4 is 9.64 Å². The lowest BCUT2D eigenvalue weighted by Gasteiger charge is -2.24. The largest absolute Gasteiger partial charge is 0.478 e. The van der Waals surface area contributed by atoms with E-state index in [0.29, 0.717) is 24.3 Å². The van der Waals surface area contributed by atoms with Crippen LogP contribution in [0.3, 0.4) is 0 Å². The molecule has 0 aliphatic rings. The summed E-state index contributed by atoms with van der Waals surface area (Å²) in [5, 5.41) is 9.51. The molecule has 36 heavy (non-hydrogen) atoms. The minimum Gasteiger partial charge on any atom is -0.478 e. The monoisotopic (exact) mass is 479 g/mol. The molecule has 5 nitrogen and oxygen atoms in total. The van der Waals surface area contributed by atoms with Gasteiger partial charge in [0.25, 0.3) is 0 Å². The summed E-state index contributed by atoms with van der Waals surface area (Å²) < 4.78 is 5.89. The van der Waals surface area contributed by atoms with E-state index in [-0.39, 0.29) is 11.5 Å². The van der Waals surface area contributed by atoms with Crippen molar-refractivity contribution in [3.8, 4) is 22.6 Å². The molecule has 0 fully saturated rings. The fraction of sp³-hybridized carbons (Fsp3) is 0.161. The van der Waals surface area contributed by atoms with Gasteiger partial charge in [0, 0.05) is 12.1 Å². The van der Waals surface area contributed by atoms with Crippen molar-refractivity contribution in [2.75, 3.05) is 4.90 Å². The number of para-hydroxylation sites is 1. The van der Waals surface area contributed by atoms with Crippen molar-refractivity contribution in [2.24, 2.45) is 0 Å². The Balaban J connectivity index is 1.55. The molecule has 0 atom stereocenters. The first-order valence-corrected chi connectivity index (χ1v) is 12.1. The highest BCUT2D eigenvalue weighted by atomic mass is 16.5. The molecule has 4 aromatic rings. The van der Waals surface area contributed by atoms with Gasteiger partial charge in [-0.05, 0) is 65.6 Å². The van der Waals surface area contributed by atoms with Gasteiger partial charge in [0.2, 0.25) is 5.91 Å². The van der Waals surface area contributed by atoms with Gasteiger partial charge >= 0.3 is 5.97 Å². The van der Waals surface area contributed by atoms with Gasteiger partial charge in [-0.15, -0.1) is 0 Å². The van der Waals surface area contributed by atoms with Crippen molar-refractivity contribution in [1.29, 1.82) is 0 Å². The van der Waals surface area contributed by atoms with E-state index in [9.17, 15) is 14.7 Å². The van der Waals surface area contributed by atoms with Gasteiger partial charge in [0.05, 0.1) is 12.1 Å². The van der Waals surface area contributed by atoms with Gasteiger partial charge in [-0.25, -0.2) is 4.79 Å². The van der Waals surface area contributed by atoms with Crippen LogP contribution >= 0.6 is 0 Å². The van der Waals surface area contributed by atoms with Crippen molar-refractivity contribution >= 4 is 17.6 Å². The zero-order valence-corrected chi connectivity index (χ0v) is 20.3. The van der Waals surface area contributed by atoms with Gasteiger partial charge in [-0.2, -0.15) is 0 Å². The maximum absolute atomic E-state index is 13.1. The molecule has 0 unspecified atom stereocenters. The number of anilines is 1. The molecule has 0 spiro atoms. The second-order valence-electron chi connectivity index (χ2n) is 8.54. The van der Waals surface area contributed by atoms with E-state index in [2.05, 4.69) is 6.92 Å². The summed E-state index contributed by atoms with van der Waals surface area (Å²) in [6.07, 6.45) is 2.25. The number of carbonyl (C=O) groups excluding carboxylic acids is 1. The molecule has 0 bridgehead atoms. The molecule has 5 heteroatoms. The average molecular weight is 480 g/mol. The van der Waals surface area contributed by atoms with Crippen molar-refractivity contribution in [2.45, 2.75) is 32.7 Å². The molecule has 0 aliphatic heterocycles. The molecule has 0 aliphatic carbocycles. The smallest absolute Gasteiger partial charge is 0.336 e. The second-order valence-corrected chi connectivity index (χ2v) is 8.54. The molecule has 0 heterocycles. The SMILES string of the molecule is CCCCC(=O)N(Cc1ccc(-c2ccccc2C(=O)O)cc1)c1ccc(Oc2ccccc2)cc1. The van der Waals surface area contributed by atoms with Gasteiger partial charge in [-0.1, -0.05) is 74.0 Å². The first kappa shape index (κ1) is 24.7. The Hall–Kier alpha value is -4.38. The minimum atomic E-state index is -0.956. The number of nitrogens with zero attached hydrogens (tertiary/aromatic N) is 1. The summed E-state index contributed by atoms with van der Waals surface area (Å²) in [7, 11) is 0. The predicted octanol–water partition coefficient (Wildman–Crippen LogP) is 7.57. The fourth-order valence-electron chi connectivity index (χ4n) is 4.00. The number of benzene rings is 4. The van der Waals surface area contributed by atoms with Gasteiger partial charge < -0.3 is 14.7 Å². The molecule has 0 saturated heterocycles. The van der Waals surface area contributed by atoms with Crippen molar-refractivity contribution in [3.05, 3.63) is 114 Å². The van der Waals surface area contributed by atoms with Crippen LogP contribution in [0.4, 0.5) is 5.69 Å². The molecule has 182 valence electrons. The highest BCUT2D eigenvalue weighted by Crippen LogP contribution is 2.28. The molecule has 4 rings (SSSR count). The summed E-state index contributed by atoms with van der Waals surface area (Å²) in [5.41, 5.74) is 3.52. The number of ether oxygens (including phenoxy) is 1. The van der Waals surface area contributed by atoms with E-state index in [4.69, 9.17) is 4.74 Å². The number of carboxylic acid groups (broad SMARTS) is 1. The molecule has 1 amide bonds. The Morgan fingerprint density at radius 2 is 1.42 bits per heavy atom. The molecule has 4 aromatic carbocycles. The number of carbonyl (C=O) groups is 2. The first-order valence-electron chi connectivity index (χ1n) is 12.1. The highest BCUT2D eigenvalue weighted by molar-refractivity contribution is 5.96. The van der Waals surface area contributed by atoms with Crippen LogP contribution in [0.15, 0.2) is 103 Å². The minimum absolute atomic E-state index is 0.0638. The van der Waals surface area contributed by atoms with E-state index in [0.717, 1.165) is 35.4 Å². The molecular formula is C31H29NO4. The van der Waals surface area contributed by atoms with E-state index >= 15 is 0 Å². The number of rotatable bonds is 10. The summed E-state index contributed by atoms with van der Waals surface area (Å²) in [4.78, 5) is 26.5. The number of aromatic carboxylic acids is 1. The molecule has 0 saturated carbocycles. The Kier molecular flexibility index (Phi) is 8.14. The van der Waals surface area contributed by atoms with Crippen LogP contribution in [0.2, 0.25) is 0 Å². The van der Waals surface area contributed by atoms with Crippen LogP contribution in [-0.4, -0.2) is 17.0 Å². The number of amides is 1. The number of hydrogen-bond acceptors (Lipinski definition) is 3. The topological polar surface area (TPSA) is 66.8 Å². The highest BCUT2D eigenvalue weighted by Gasteiger charge is 2.17. The number of unbranched alkanes of at least 4 members (excludes halogenated alkanes) is 1. The van der Waals surface area contributed by atoms with Crippen LogP contribution in [0.1, 0.15) is 42.1 Å². The lowest BCUT2D eigenvalue weighted by molar-refractivity contribution is -0.118. The zero-order chi connectivity index (χ0) is 25.3. The lowest BCUT2D eigenvalue weighted by atomic mass is 9.98. The summed E-state index contributed by atoms with van der Waals surface area (Å²) in [5.74, 6) is 0.564. The Labute approximate surface area is 211 Å². The lowest BCUT2D eigenvalue weighted by Crippen LogP contribution is -2.30. The zero-order valence-electron chi connectivity index (χ0n) is 20.3. The van der Waals surface area contributed by atoms with Crippen molar-refractivity contribution in [3.63, 3.8) is 0 Å². The molecule has 0 radical (unpaired) electrons. The van der Waals surface area contributed by atoms with Crippen LogP contribution in [0, 0.1) is 0 Å². The van der Waals surface area contributed by atoms with Crippen molar-refractivity contribution < 1.29 is 19.4 Å². The van der Waals surface area contributed by atoms with Gasteiger partial charge in [0.1, 0.15) is 11.5 Å². The van der Waals surface area contributed by atoms with E-state index in [1.807, 2.05) is 84.9 Å². The third-order valence-corrected chi connectivity index (χ3v) is 5.94. The second kappa shape index (κ2) is 11.8. The average Bonchev–Trinajstić information content (AvgIpc) is 2.92. The van der Waals surface area contributed by atoms with Crippen LogP contribution in [0.25, 0.3) is 11.1 Å². The Morgan fingerprint density at radius 1 is 0.778 bits per heavy atom. The summed E-state index contributed by atoms with van der Waals surface area (Å²) in [6, 6.07) is 31.8. The third-order valence-electron chi connectivity index (χ3n) is 5.94. The third kappa shape index (κ3) is 6.19. The maximum Gasteiger partial charge on any atom is 0.336 e. The van der Waals surface area contributed by atoms with Crippen LogP contribution in [-0.2, 0) is 11.3 Å². The van der Waals surface area contributed by atoms with E-state index < -0.39 is 5.97 Å². The number of carboxylic acids is 1. The van der Waals surface area contributed by atoms with Crippen molar-refractivity contribution in [1.82, 2.24) is 0 Å². The number of hydrogen-bond donors (Lipinski definition) is 1. The van der Waals surface area contributed by atoms with Crippen LogP contribution in [0.5, 0.6) is 11.5 Å². The molecule has 1 N–H and O–H groups in total. The Bertz CT molecular complexity index is 1300. The standard InChI is InChI=1S/C31H29NO4/c1-2-3-13-30(33)32(25-18-20-27(21-19-25)36-26-9-5-4-6-10-26)22-23-14-16-24(17-15-23)28-11-7-8-12-29(28)31(34)35/h4-12,14-21H,2-3,13,22H2,1H3,(H,34,35). The maximum atomic E-state index is 13.1. The summed E-state index contributed by atoms with van der Waals surface area (Å²) in [6.45, 7) is 2.49. The molecule has 0 aromatic heterocycles. The normalized spacial score (nSPS) is 10.6. The van der Waals surface area contributed by atoms with E-state index in [1.165, 1.54) is 0 Å². The summed E-state index contributed by atoms with van der Waals surface area (Å²) >= 11 is 0.